The Balaban J connectivity index is 2.85. The van der Waals surface area contributed by atoms with Gasteiger partial charge in [-0.05, 0) is 37.9 Å². The molecule has 2 heterocycles. The van der Waals surface area contributed by atoms with Gasteiger partial charge in [0.1, 0.15) is 0 Å². The Bertz CT molecular complexity index is 646. The van der Waals surface area contributed by atoms with E-state index >= 15 is 0 Å². The molecule has 12 heavy (non-hydrogen) atoms. The Labute approximate surface area is 88.7 Å². The van der Waals surface area contributed by atoms with Gasteiger partial charge in [-0.2, -0.15) is 0 Å². The second-order valence-electron chi connectivity index (χ2n) is 2.24. The van der Waals surface area contributed by atoms with Crippen LogP contribution in [-0.2, 0) is 0 Å². The average Bonchev–Trinajstić information content (AvgIpc) is 2.54. The first-order valence-electron chi connectivity index (χ1n) is 9.00. The molecule has 2 nitrogen and oxygen atoms in total. The lowest BCUT2D eigenvalue weighted by Crippen LogP contribution is -2.17. The topological polar surface area (TPSA) is 16.1 Å². The highest BCUT2D eigenvalue weighted by molar-refractivity contribution is 5.14. The van der Waals surface area contributed by atoms with Gasteiger partial charge in [-0.3, -0.25) is 9.88 Å². The molecule has 2 heteroatoms. The van der Waals surface area contributed by atoms with Crippen LogP contribution < -0.4 is 0 Å². The maximum Gasteiger partial charge on any atom is 0.0843 e. The van der Waals surface area contributed by atoms with Crippen molar-refractivity contribution >= 4 is 0 Å². The lowest BCUT2D eigenvalue weighted by molar-refractivity contribution is 0.317. The summed E-state index contributed by atoms with van der Waals surface area (Å²) in [5.74, 6) is 0. The van der Waals surface area contributed by atoms with Crippen molar-refractivity contribution in [1.29, 1.82) is 0 Å². The summed E-state index contributed by atoms with van der Waals surface area (Å²) in [4.78, 5) is 3.97. The Hall–Kier alpha value is -0.890. The fourth-order valence-electron chi connectivity index (χ4n) is 0.908. The van der Waals surface area contributed by atoms with Crippen LogP contribution in [0.2, 0.25) is 0 Å². The summed E-state index contributed by atoms with van der Waals surface area (Å²) in [6, 6.07) is -4.27. The van der Waals surface area contributed by atoms with Crippen LogP contribution >= 0.6 is 0 Å². The van der Waals surface area contributed by atoms with Crippen molar-refractivity contribution in [3.05, 3.63) is 30.0 Å². The van der Waals surface area contributed by atoms with Crippen LogP contribution in [0.15, 0.2) is 24.4 Å². The quantitative estimate of drug-likeness (QED) is 0.644. The number of pyridine rings is 1. The SMILES string of the molecule is [2H]c1nc([2H])c(C2([2H])N(C([2H])[2H])CC([2H])([2H])C2([2H])[2H])c([2H])c1[2H]. The van der Waals surface area contributed by atoms with Gasteiger partial charge < -0.3 is 0 Å². The number of hydrogen-bond acceptors (Lipinski definition) is 2. The molecule has 1 saturated heterocycles. The minimum atomic E-state index is -2.97. The predicted molar refractivity (Wildman–Crippen MR) is 48.8 cm³/mol. The normalized spacial score (nSPS) is 52.6. The van der Waals surface area contributed by atoms with E-state index in [1.165, 1.54) is 0 Å². The molecule has 1 aliphatic rings. The first-order valence-corrected chi connectivity index (χ1v) is 3.35. The molecule has 0 aliphatic carbocycles. The highest BCUT2D eigenvalue weighted by atomic mass is 15.1. The molecule has 0 saturated carbocycles. The van der Waals surface area contributed by atoms with Crippen LogP contribution in [0.25, 0.3) is 0 Å². The summed E-state index contributed by atoms with van der Waals surface area (Å²) in [7, 11) is 0. The largest absolute Gasteiger partial charge is 0.299 e. The average molecular weight is 173 g/mol. The minimum absolute atomic E-state index is 0.573. The third-order valence-electron chi connectivity index (χ3n) is 1.45. The first kappa shape index (κ1) is 2.13. The second-order valence-corrected chi connectivity index (χ2v) is 2.24. The zero-order valence-corrected chi connectivity index (χ0v) is 6.18. The van der Waals surface area contributed by atoms with Gasteiger partial charge in [0.2, 0.25) is 0 Å². The second kappa shape index (κ2) is 3.23. The molecule has 0 N–H and O–H groups in total. The molecule has 1 unspecified atom stereocenters. The van der Waals surface area contributed by atoms with Gasteiger partial charge in [-0.15, -0.1) is 0 Å². The Morgan fingerprint density at radius 1 is 2.00 bits per heavy atom. The van der Waals surface area contributed by atoms with Crippen molar-refractivity contribution < 1.29 is 15.1 Å². The lowest BCUT2D eigenvalue weighted by Gasteiger charge is -2.18. The van der Waals surface area contributed by atoms with E-state index < -0.39 is 62.3 Å². The Morgan fingerprint density at radius 2 is 3.00 bits per heavy atom. The molecule has 0 spiro atoms. The van der Waals surface area contributed by atoms with Crippen LogP contribution in [0.3, 0.4) is 0 Å². The van der Waals surface area contributed by atoms with Gasteiger partial charge in [0.05, 0.1) is 6.85 Å². The number of hydrogen-bond donors (Lipinski definition) is 0. The van der Waals surface area contributed by atoms with Gasteiger partial charge >= 0.3 is 0 Å². The molecule has 0 aromatic carbocycles. The molecule has 2 rings (SSSR count). The summed E-state index contributed by atoms with van der Waals surface area (Å²) in [5, 5.41) is 0. The first-order chi connectivity index (χ1) is 10.3. The summed E-state index contributed by atoms with van der Waals surface area (Å²) >= 11 is 0. The van der Waals surface area contributed by atoms with E-state index in [4.69, 9.17) is 15.1 Å². The van der Waals surface area contributed by atoms with Gasteiger partial charge in [0.25, 0.3) is 0 Å². The number of rotatable bonds is 1. The minimum Gasteiger partial charge on any atom is -0.299 e. The number of aromatic nitrogens is 1. The van der Waals surface area contributed by atoms with Crippen LogP contribution in [0, 0.1) is 0 Å². The summed E-state index contributed by atoms with van der Waals surface area (Å²) in [5.41, 5.74) is -0.714. The van der Waals surface area contributed by atoms with E-state index in [-0.39, 0.29) is 0 Å². The summed E-state index contributed by atoms with van der Waals surface area (Å²) < 4.78 is 85.7. The van der Waals surface area contributed by atoms with E-state index in [0.29, 0.717) is 4.90 Å². The monoisotopic (exact) mass is 173 g/mol. The molecule has 1 aromatic heterocycles. The van der Waals surface area contributed by atoms with Crippen molar-refractivity contribution in [2.75, 3.05) is 13.5 Å². The maximum atomic E-state index is 8.46. The smallest absolute Gasteiger partial charge is 0.0843 e. The standard InChI is InChI=1S/C10H14N2/c1-12-7-3-5-10(12)9-4-2-6-11-8-9/h2,4,6,8,10H,3,5,7H2,1H3/i1D2,2D,3D2,4D,5D2,6D,8D,10D. The third kappa shape index (κ3) is 1.34. The summed E-state index contributed by atoms with van der Waals surface area (Å²) in [6.45, 7) is -2.68. The van der Waals surface area contributed by atoms with Crippen LogP contribution in [0.4, 0.5) is 0 Å². The highest BCUT2D eigenvalue weighted by Crippen LogP contribution is 2.29. The van der Waals surface area contributed by atoms with Crippen molar-refractivity contribution in [2.45, 2.75) is 18.8 Å². The molecule has 1 atom stereocenters. The lowest BCUT2D eigenvalue weighted by atomic mass is 10.1. The number of likely N-dealkylation sites (tertiary alicyclic amines) is 1. The molecule has 1 aliphatic heterocycles. The van der Waals surface area contributed by atoms with E-state index in [2.05, 4.69) is 4.98 Å². The van der Waals surface area contributed by atoms with Crippen LogP contribution in [-0.4, -0.2) is 23.4 Å². The van der Waals surface area contributed by atoms with Crippen LogP contribution in [0.5, 0.6) is 0 Å². The maximum absolute atomic E-state index is 8.46. The molecular weight excluding hydrogens is 148 g/mol. The zero-order chi connectivity index (χ0) is 18.0. The van der Waals surface area contributed by atoms with Crippen molar-refractivity contribution in [3.8, 4) is 0 Å². The molecule has 0 radical (unpaired) electrons. The molecule has 64 valence electrons. The predicted octanol–water partition coefficient (Wildman–Crippen LogP) is 1.85. The van der Waals surface area contributed by atoms with Gasteiger partial charge in [-0.1, -0.05) is 6.04 Å². The van der Waals surface area contributed by atoms with E-state index in [1.54, 1.807) is 0 Å². The van der Waals surface area contributed by atoms with Crippen LogP contribution in [0.1, 0.15) is 39.4 Å². The Morgan fingerprint density at radius 3 is 3.92 bits per heavy atom. The third-order valence-corrected chi connectivity index (χ3v) is 1.45. The Kier molecular flexibility index (Phi) is 0.573. The van der Waals surface area contributed by atoms with Gasteiger partial charge in [0.15, 0.2) is 0 Å². The zero-order valence-electron chi connectivity index (χ0n) is 17.2. The molecule has 0 amide bonds. The van der Waals surface area contributed by atoms with Crippen molar-refractivity contribution in [2.24, 2.45) is 0 Å². The van der Waals surface area contributed by atoms with Gasteiger partial charge in [0, 0.05) is 26.6 Å². The molecule has 0 bridgehead atoms. The van der Waals surface area contributed by atoms with Crippen molar-refractivity contribution in [1.82, 2.24) is 9.88 Å². The number of nitrogens with zero attached hydrogens (tertiary/aromatic N) is 2. The fraction of sp³-hybridized carbons (Fsp3) is 0.500. The molecule has 1 aromatic rings. The van der Waals surface area contributed by atoms with Crippen molar-refractivity contribution in [3.63, 3.8) is 0 Å². The van der Waals surface area contributed by atoms with E-state index in [0.717, 1.165) is 0 Å². The highest BCUT2D eigenvalue weighted by Gasteiger charge is 2.21. The van der Waals surface area contributed by atoms with E-state index in [1.807, 2.05) is 0 Å². The molecular formula is C10H14N2. The van der Waals surface area contributed by atoms with E-state index in [9.17, 15) is 0 Å². The summed E-state index contributed by atoms with van der Waals surface area (Å²) in [6.07, 6.45) is -7.08. The van der Waals surface area contributed by atoms with Gasteiger partial charge in [-0.25, -0.2) is 0 Å². The fourth-order valence-corrected chi connectivity index (χ4v) is 0.908. The molecule has 1 fully saturated rings.